The second kappa shape index (κ2) is 10.2. The van der Waals surface area contributed by atoms with E-state index in [0.717, 1.165) is 41.3 Å². The van der Waals surface area contributed by atoms with Crippen LogP contribution in [0.25, 0.3) is 39.1 Å². The summed E-state index contributed by atoms with van der Waals surface area (Å²) in [6.45, 7) is 1.66. The minimum atomic E-state index is -2.88. The Morgan fingerprint density at radius 2 is 1.85 bits per heavy atom. The van der Waals surface area contributed by atoms with Crippen LogP contribution in [-0.2, 0) is 23.0 Å². The molecule has 206 valence electrons. The molecule has 3 aromatic heterocycles. The van der Waals surface area contributed by atoms with Crippen molar-refractivity contribution >= 4 is 21.9 Å². The molecule has 6 rings (SSSR count). The van der Waals surface area contributed by atoms with Gasteiger partial charge in [-0.15, -0.1) is 0 Å². The van der Waals surface area contributed by atoms with E-state index in [-0.39, 0.29) is 5.56 Å². The number of rotatable bonds is 9. The predicted octanol–water partition coefficient (Wildman–Crippen LogP) is 3.90. The molecular formula is C28H27F2N7O2S. The van der Waals surface area contributed by atoms with Crippen LogP contribution in [0.4, 0.5) is 8.78 Å². The smallest absolute Gasteiger partial charge is 0.202 e. The largest absolute Gasteiger partial charge is 0.308 e. The summed E-state index contributed by atoms with van der Waals surface area (Å²) in [5, 5.41) is 4.46. The van der Waals surface area contributed by atoms with Crippen LogP contribution in [0, 0.1) is 11.6 Å². The zero-order valence-electron chi connectivity index (χ0n) is 21.9. The van der Waals surface area contributed by atoms with E-state index in [1.807, 2.05) is 49.4 Å². The summed E-state index contributed by atoms with van der Waals surface area (Å²) < 4.78 is 57.8. The number of nitrogens with zero attached hydrogens (tertiary/aromatic N) is 6. The van der Waals surface area contributed by atoms with E-state index >= 15 is 0 Å². The molecule has 1 fully saturated rings. The Morgan fingerprint density at radius 1 is 1.02 bits per heavy atom. The van der Waals surface area contributed by atoms with Gasteiger partial charge in [0.05, 0.1) is 35.0 Å². The lowest BCUT2D eigenvalue weighted by Crippen LogP contribution is -2.28. The molecule has 1 saturated carbocycles. The summed E-state index contributed by atoms with van der Waals surface area (Å²) in [7, 11) is 1.16. The molecule has 0 saturated heterocycles. The Kier molecular flexibility index (Phi) is 6.69. The second-order valence-electron chi connectivity index (χ2n) is 10.3. The number of imidazole rings is 1. The molecule has 5 aromatic rings. The molecule has 9 nitrogen and oxygen atoms in total. The monoisotopic (exact) mass is 563 g/mol. The molecule has 40 heavy (non-hydrogen) atoms. The molecule has 0 atom stereocenters. The molecule has 0 spiro atoms. The van der Waals surface area contributed by atoms with Crippen LogP contribution in [0.3, 0.4) is 0 Å². The number of likely N-dealkylation sites (N-methyl/N-ethyl adjacent to an activating group) is 1. The zero-order chi connectivity index (χ0) is 28.0. The first-order valence-electron chi connectivity index (χ1n) is 12.8. The van der Waals surface area contributed by atoms with E-state index in [4.69, 9.17) is 4.98 Å². The van der Waals surface area contributed by atoms with Crippen molar-refractivity contribution in [3.05, 3.63) is 84.6 Å². The predicted molar refractivity (Wildman–Crippen MR) is 148 cm³/mol. The average molecular weight is 564 g/mol. The highest BCUT2D eigenvalue weighted by atomic mass is 32.2. The van der Waals surface area contributed by atoms with Crippen molar-refractivity contribution in [3.8, 4) is 28.1 Å². The molecular weight excluding hydrogens is 536 g/mol. The van der Waals surface area contributed by atoms with Crippen molar-refractivity contribution in [1.29, 1.82) is 0 Å². The van der Waals surface area contributed by atoms with Crippen molar-refractivity contribution < 1.29 is 17.2 Å². The number of pyridine rings is 1. The van der Waals surface area contributed by atoms with Gasteiger partial charge in [0.1, 0.15) is 23.8 Å². The summed E-state index contributed by atoms with van der Waals surface area (Å²) in [6.07, 6.45) is 6.58. The van der Waals surface area contributed by atoms with Crippen LogP contribution >= 0.6 is 0 Å². The van der Waals surface area contributed by atoms with Crippen LogP contribution in [0.15, 0.2) is 67.3 Å². The number of aromatic nitrogens is 5. The fourth-order valence-corrected chi connectivity index (χ4v) is 5.49. The molecule has 0 amide bonds. The van der Waals surface area contributed by atoms with Crippen LogP contribution < -0.4 is 4.72 Å². The Morgan fingerprint density at radius 3 is 2.58 bits per heavy atom. The topological polar surface area (TPSA) is 97.9 Å². The highest BCUT2D eigenvalue weighted by Gasteiger charge is 2.47. The number of halogens is 2. The van der Waals surface area contributed by atoms with E-state index in [2.05, 4.69) is 19.7 Å². The quantitative estimate of drug-likeness (QED) is 0.264. The van der Waals surface area contributed by atoms with Gasteiger partial charge in [0.15, 0.2) is 0 Å². The first-order chi connectivity index (χ1) is 19.2. The number of thiol groups is 1. The molecule has 1 aliphatic rings. The second-order valence-corrected chi connectivity index (χ2v) is 11.0. The van der Waals surface area contributed by atoms with Crippen LogP contribution in [0.2, 0.25) is 0 Å². The fraction of sp³-hybridized carbons (Fsp3) is 0.250. The highest BCUT2D eigenvalue weighted by molar-refractivity contribution is 7.70. The fourth-order valence-electron chi connectivity index (χ4n) is 4.80. The SMILES string of the molecule is CN(C)CCn1cc(-c2ccc3c(c2)ncn3-c2cc(-c3ccc(F)cc3F)cc(C3(N[SH](=O)=O)CC3)n2)cn1. The summed E-state index contributed by atoms with van der Waals surface area (Å²) >= 11 is 0. The Hall–Kier alpha value is -4.00. The van der Waals surface area contributed by atoms with Crippen molar-refractivity contribution in [2.75, 3.05) is 20.6 Å². The zero-order valence-corrected chi connectivity index (χ0v) is 22.8. The minimum Gasteiger partial charge on any atom is -0.308 e. The Balaban J connectivity index is 1.41. The van der Waals surface area contributed by atoms with E-state index < -0.39 is 28.1 Å². The molecule has 1 N–H and O–H groups in total. The van der Waals surface area contributed by atoms with Crippen molar-refractivity contribution in [2.45, 2.75) is 24.9 Å². The van der Waals surface area contributed by atoms with E-state index in [9.17, 15) is 17.2 Å². The highest BCUT2D eigenvalue weighted by Crippen LogP contribution is 2.46. The van der Waals surface area contributed by atoms with E-state index in [1.54, 1.807) is 23.0 Å². The van der Waals surface area contributed by atoms with E-state index in [0.29, 0.717) is 29.9 Å². The van der Waals surface area contributed by atoms with Gasteiger partial charge >= 0.3 is 0 Å². The first-order valence-corrected chi connectivity index (χ1v) is 13.9. The van der Waals surface area contributed by atoms with Gasteiger partial charge in [-0.1, -0.05) is 6.07 Å². The lowest BCUT2D eigenvalue weighted by Gasteiger charge is -2.17. The summed E-state index contributed by atoms with van der Waals surface area (Å²) in [4.78, 5) is 11.5. The Bertz CT molecular complexity index is 1800. The molecule has 2 aromatic carbocycles. The van der Waals surface area contributed by atoms with Crippen molar-refractivity contribution in [1.82, 2.24) is 33.9 Å². The normalized spacial score (nSPS) is 14.4. The third-order valence-corrected chi connectivity index (χ3v) is 7.75. The summed E-state index contributed by atoms with van der Waals surface area (Å²) in [6, 6.07) is 12.6. The Labute approximate surface area is 231 Å². The van der Waals surface area contributed by atoms with Crippen LogP contribution in [-0.4, -0.2) is 58.3 Å². The maximum absolute atomic E-state index is 14.8. The number of nitrogens with one attached hydrogen (secondary N) is 1. The van der Waals surface area contributed by atoms with Crippen molar-refractivity contribution in [3.63, 3.8) is 0 Å². The standard InChI is InChI=1S/C28H27F2N7O2S/c1-35(2)9-10-36-16-20(15-32-36)18-3-6-25-24(11-18)31-17-37(25)27-13-19(22-5-4-21(29)14-23(22)30)12-26(33-27)28(7-8-28)34-40(38)39/h3-6,11-17,40H,7-10H2,1-2H3,(H,34,38,39). The lowest BCUT2D eigenvalue weighted by molar-refractivity contribution is 0.373. The average Bonchev–Trinajstić information content (AvgIpc) is 3.33. The van der Waals surface area contributed by atoms with Crippen molar-refractivity contribution in [2.24, 2.45) is 0 Å². The number of hydrogen-bond donors (Lipinski definition) is 2. The van der Waals surface area contributed by atoms with Gasteiger partial charge in [-0.05, 0) is 74.5 Å². The summed E-state index contributed by atoms with van der Waals surface area (Å²) in [5.74, 6) is -0.960. The first kappa shape index (κ1) is 26.2. The van der Waals surface area contributed by atoms with Gasteiger partial charge < -0.3 is 4.90 Å². The molecule has 0 bridgehead atoms. The number of benzene rings is 2. The lowest BCUT2D eigenvalue weighted by atomic mass is 10.0. The van der Waals surface area contributed by atoms with Crippen LogP contribution in [0.5, 0.6) is 0 Å². The molecule has 1 aliphatic carbocycles. The summed E-state index contributed by atoms with van der Waals surface area (Å²) in [5.41, 5.74) is 3.68. The van der Waals surface area contributed by atoms with Gasteiger partial charge in [0.25, 0.3) is 0 Å². The molecule has 12 heteroatoms. The minimum absolute atomic E-state index is 0.187. The number of fused-ring (bicyclic) bond motifs is 1. The molecule has 3 heterocycles. The third-order valence-electron chi connectivity index (χ3n) is 7.14. The van der Waals surface area contributed by atoms with E-state index in [1.165, 1.54) is 12.1 Å². The molecule has 0 unspecified atom stereocenters. The molecule has 0 aliphatic heterocycles. The maximum Gasteiger partial charge on any atom is 0.202 e. The maximum atomic E-state index is 14.8. The molecule has 0 radical (unpaired) electrons. The van der Waals surface area contributed by atoms with Gasteiger partial charge in [-0.2, -0.15) is 5.10 Å². The van der Waals surface area contributed by atoms with Gasteiger partial charge in [0.2, 0.25) is 10.9 Å². The van der Waals surface area contributed by atoms with Crippen LogP contribution in [0.1, 0.15) is 18.5 Å². The van der Waals surface area contributed by atoms with Gasteiger partial charge in [-0.25, -0.2) is 31.9 Å². The number of hydrogen-bond acceptors (Lipinski definition) is 6. The van der Waals surface area contributed by atoms with Gasteiger partial charge in [0, 0.05) is 29.9 Å². The third kappa shape index (κ3) is 5.12. The van der Waals surface area contributed by atoms with Gasteiger partial charge in [-0.3, -0.25) is 9.25 Å².